The Balaban J connectivity index is 1.50. The number of amides is 2. The Bertz CT molecular complexity index is 805. The first kappa shape index (κ1) is 19.4. The lowest BCUT2D eigenvalue weighted by molar-refractivity contribution is -0.132. The fraction of sp³-hybridized carbons (Fsp3) is 0.389. The second-order valence-corrected chi connectivity index (χ2v) is 7.32. The largest absolute Gasteiger partial charge is 0.450 e. The molecule has 7 nitrogen and oxygen atoms in total. The molecule has 0 aliphatic carbocycles. The molecule has 3 rings (SSSR count). The van der Waals surface area contributed by atoms with Gasteiger partial charge in [0.1, 0.15) is 0 Å². The normalized spacial score (nSPS) is 14.1. The number of nitrogens with one attached hydrogen (secondary N) is 1. The quantitative estimate of drug-likeness (QED) is 0.820. The second kappa shape index (κ2) is 9.05. The summed E-state index contributed by atoms with van der Waals surface area (Å²) in [5, 5.41) is 6.42. The van der Waals surface area contributed by atoms with E-state index in [0.717, 1.165) is 11.4 Å². The zero-order valence-corrected chi connectivity index (χ0v) is 16.6. The highest BCUT2D eigenvalue weighted by atomic mass is 35.5. The van der Waals surface area contributed by atoms with Crippen LogP contribution >= 0.6 is 22.9 Å². The van der Waals surface area contributed by atoms with E-state index < -0.39 is 0 Å². The molecule has 0 unspecified atom stereocenters. The Hall–Kier alpha value is -2.32. The molecule has 0 saturated carbocycles. The van der Waals surface area contributed by atoms with Gasteiger partial charge in [-0.3, -0.25) is 4.79 Å². The maximum absolute atomic E-state index is 12.5. The van der Waals surface area contributed by atoms with Gasteiger partial charge >= 0.3 is 6.09 Å². The molecule has 144 valence electrons. The number of thiazole rings is 1. The molecule has 1 saturated heterocycles. The molecule has 1 aromatic heterocycles. The highest BCUT2D eigenvalue weighted by Crippen LogP contribution is 2.23. The topological polar surface area (TPSA) is 74.8 Å². The van der Waals surface area contributed by atoms with Crippen LogP contribution in [0.3, 0.4) is 0 Å². The van der Waals surface area contributed by atoms with Crippen molar-refractivity contribution >= 4 is 45.8 Å². The van der Waals surface area contributed by atoms with Crippen molar-refractivity contribution in [3.05, 3.63) is 40.4 Å². The van der Waals surface area contributed by atoms with Gasteiger partial charge in [-0.05, 0) is 25.1 Å². The van der Waals surface area contributed by atoms with Gasteiger partial charge in [-0.1, -0.05) is 17.7 Å². The van der Waals surface area contributed by atoms with Crippen molar-refractivity contribution in [2.75, 3.05) is 38.1 Å². The summed E-state index contributed by atoms with van der Waals surface area (Å²) in [5.41, 5.74) is 1.58. The van der Waals surface area contributed by atoms with Gasteiger partial charge in [0.15, 0.2) is 5.13 Å². The molecule has 27 heavy (non-hydrogen) atoms. The number of carbonyl (C=O) groups excluding carboxylic acids is 2. The minimum absolute atomic E-state index is 0.0121. The molecule has 1 aliphatic heterocycles. The third-order valence-electron chi connectivity index (χ3n) is 4.12. The molecular weight excluding hydrogens is 388 g/mol. The number of carbonyl (C=O) groups is 2. The Morgan fingerprint density at radius 2 is 2.00 bits per heavy atom. The zero-order valence-electron chi connectivity index (χ0n) is 15.0. The number of piperazine rings is 1. The number of benzene rings is 1. The van der Waals surface area contributed by atoms with Crippen LogP contribution in [0.25, 0.3) is 0 Å². The van der Waals surface area contributed by atoms with Crippen molar-refractivity contribution in [2.24, 2.45) is 0 Å². The molecule has 1 N–H and O–H groups in total. The molecule has 0 spiro atoms. The molecule has 1 aromatic carbocycles. The van der Waals surface area contributed by atoms with Crippen LogP contribution in [0.2, 0.25) is 5.02 Å². The van der Waals surface area contributed by atoms with Crippen molar-refractivity contribution < 1.29 is 14.3 Å². The van der Waals surface area contributed by atoms with Crippen LogP contribution in [-0.2, 0) is 16.0 Å². The molecule has 1 aliphatic rings. The van der Waals surface area contributed by atoms with E-state index in [1.54, 1.807) is 22.8 Å². The lowest BCUT2D eigenvalue weighted by Crippen LogP contribution is -2.51. The number of nitrogens with zero attached hydrogens (tertiary/aromatic N) is 3. The molecule has 9 heteroatoms. The number of halogens is 1. The first-order valence-electron chi connectivity index (χ1n) is 8.71. The minimum Gasteiger partial charge on any atom is -0.450 e. The monoisotopic (exact) mass is 408 g/mol. The molecule has 0 radical (unpaired) electrons. The number of aromatic nitrogens is 1. The van der Waals surface area contributed by atoms with Crippen LogP contribution in [0.1, 0.15) is 12.6 Å². The van der Waals surface area contributed by atoms with Crippen molar-refractivity contribution in [3.8, 4) is 0 Å². The minimum atomic E-state index is -0.319. The number of ether oxygens (including phenoxy) is 1. The third-order valence-corrected chi connectivity index (χ3v) is 5.16. The van der Waals surface area contributed by atoms with Gasteiger partial charge in [-0.2, -0.15) is 0 Å². The maximum atomic E-state index is 12.5. The van der Waals surface area contributed by atoms with E-state index in [0.29, 0.717) is 42.9 Å². The number of anilines is 2. The van der Waals surface area contributed by atoms with E-state index in [4.69, 9.17) is 16.3 Å². The van der Waals surface area contributed by atoms with Crippen molar-refractivity contribution in [2.45, 2.75) is 13.3 Å². The zero-order chi connectivity index (χ0) is 19.2. The number of hydrogen-bond acceptors (Lipinski definition) is 6. The second-order valence-electron chi connectivity index (χ2n) is 6.02. The SMILES string of the molecule is CCOC(=O)N1CCN(C(=O)Cc2csc(Nc3cccc(Cl)c3)n2)CC1. The summed E-state index contributed by atoms with van der Waals surface area (Å²) in [5.74, 6) is 0.0121. The Kier molecular flexibility index (Phi) is 6.52. The molecular formula is C18H21ClN4O3S. The number of rotatable bonds is 5. The maximum Gasteiger partial charge on any atom is 0.409 e. The van der Waals surface area contributed by atoms with Crippen molar-refractivity contribution in [1.82, 2.24) is 14.8 Å². The average molecular weight is 409 g/mol. The van der Waals surface area contributed by atoms with Crippen molar-refractivity contribution in [1.29, 1.82) is 0 Å². The highest BCUT2D eigenvalue weighted by molar-refractivity contribution is 7.13. The fourth-order valence-corrected chi connectivity index (χ4v) is 3.68. The molecule has 0 atom stereocenters. The van der Waals surface area contributed by atoms with Gasteiger partial charge in [0, 0.05) is 42.3 Å². The summed E-state index contributed by atoms with van der Waals surface area (Å²) < 4.78 is 4.99. The van der Waals surface area contributed by atoms with E-state index in [1.807, 2.05) is 23.6 Å². The Morgan fingerprint density at radius 1 is 1.26 bits per heavy atom. The van der Waals surface area contributed by atoms with Gasteiger partial charge in [-0.15, -0.1) is 11.3 Å². The lowest BCUT2D eigenvalue weighted by atomic mass is 10.2. The van der Waals surface area contributed by atoms with Gasteiger partial charge in [0.05, 0.1) is 18.7 Å². The summed E-state index contributed by atoms with van der Waals surface area (Å²) in [4.78, 5) is 32.1. The Labute approximate surface area is 166 Å². The van der Waals surface area contributed by atoms with E-state index in [2.05, 4.69) is 10.3 Å². The summed E-state index contributed by atoms with van der Waals surface area (Å²) in [6.07, 6.45) is -0.0755. The summed E-state index contributed by atoms with van der Waals surface area (Å²) in [6.45, 7) is 4.13. The van der Waals surface area contributed by atoms with Crippen molar-refractivity contribution in [3.63, 3.8) is 0 Å². The van der Waals surface area contributed by atoms with Gasteiger partial charge in [0.25, 0.3) is 0 Å². The van der Waals surface area contributed by atoms with Crippen LogP contribution in [0.4, 0.5) is 15.6 Å². The molecule has 0 bridgehead atoms. The third kappa shape index (κ3) is 5.33. The standard InChI is InChI=1S/C18H21ClN4O3S/c1-2-26-18(25)23-8-6-22(7-9-23)16(24)11-15-12-27-17(21-15)20-14-5-3-4-13(19)10-14/h3-5,10,12H,2,6-9,11H2,1H3,(H,20,21). The van der Waals surface area contributed by atoms with Gasteiger partial charge in [-0.25, -0.2) is 9.78 Å². The first-order valence-corrected chi connectivity index (χ1v) is 9.97. The highest BCUT2D eigenvalue weighted by Gasteiger charge is 2.25. The van der Waals surface area contributed by atoms with Gasteiger partial charge < -0.3 is 19.9 Å². The lowest BCUT2D eigenvalue weighted by Gasteiger charge is -2.34. The van der Waals surface area contributed by atoms with Crippen LogP contribution in [0.5, 0.6) is 0 Å². The van der Waals surface area contributed by atoms with E-state index in [1.165, 1.54) is 11.3 Å². The van der Waals surface area contributed by atoms with E-state index in [9.17, 15) is 9.59 Å². The summed E-state index contributed by atoms with van der Waals surface area (Å²) in [7, 11) is 0. The van der Waals surface area contributed by atoms with Crippen LogP contribution in [0, 0.1) is 0 Å². The predicted octanol–water partition coefficient (Wildman–Crippen LogP) is 3.38. The molecule has 2 amide bonds. The smallest absolute Gasteiger partial charge is 0.409 e. The summed E-state index contributed by atoms with van der Waals surface area (Å²) in [6, 6.07) is 7.39. The molecule has 2 aromatic rings. The fourth-order valence-electron chi connectivity index (χ4n) is 2.76. The van der Waals surface area contributed by atoms with Crippen LogP contribution < -0.4 is 5.32 Å². The van der Waals surface area contributed by atoms with Gasteiger partial charge in [0.2, 0.25) is 5.91 Å². The van der Waals surface area contributed by atoms with E-state index in [-0.39, 0.29) is 18.4 Å². The molecule has 2 heterocycles. The predicted molar refractivity (Wildman–Crippen MR) is 106 cm³/mol. The first-order chi connectivity index (χ1) is 13.0. The van der Waals surface area contributed by atoms with E-state index >= 15 is 0 Å². The molecule has 1 fully saturated rings. The van der Waals surface area contributed by atoms with Crippen LogP contribution in [0.15, 0.2) is 29.6 Å². The number of hydrogen-bond donors (Lipinski definition) is 1. The average Bonchev–Trinajstić information content (AvgIpc) is 3.09. The summed E-state index contributed by atoms with van der Waals surface area (Å²) >= 11 is 7.42. The Morgan fingerprint density at radius 3 is 2.70 bits per heavy atom. The van der Waals surface area contributed by atoms with Crippen LogP contribution in [-0.4, -0.2) is 59.6 Å².